The first-order valence-corrected chi connectivity index (χ1v) is 37.4. The summed E-state index contributed by atoms with van der Waals surface area (Å²) in [6.07, 6.45) is -50.6. The van der Waals surface area contributed by atoms with Gasteiger partial charge >= 0.3 is 29.3 Å². The van der Waals surface area contributed by atoms with Crippen LogP contribution in [0.3, 0.4) is 0 Å². The minimum Gasteiger partial charge on any atom is -0.508 e. The number of aliphatic hydroxyl groups excluding tert-OH is 20. The van der Waals surface area contributed by atoms with Crippen LogP contribution in [0.15, 0.2) is 120 Å². The van der Waals surface area contributed by atoms with Crippen LogP contribution in [0.1, 0.15) is 16.7 Å². The molecule has 0 bridgehead atoms. The molecular weight excluding hydrogens is 1640 g/mol. The zero-order valence-corrected chi connectivity index (χ0v) is 63.2. The number of carbonyl (C=O) groups is 3. The van der Waals surface area contributed by atoms with Crippen molar-refractivity contribution < 1.29 is 218 Å². The van der Waals surface area contributed by atoms with Crippen molar-refractivity contribution in [1.29, 1.82) is 0 Å². The first-order chi connectivity index (χ1) is 58.1. The Morgan fingerprint density at radius 3 is 1.10 bits per heavy atom. The second kappa shape index (κ2) is 39.7. The van der Waals surface area contributed by atoms with Crippen LogP contribution >= 0.6 is 0 Å². The van der Waals surface area contributed by atoms with Gasteiger partial charge in [-0.25, -0.2) is 18.8 Å². The molecule has 30 atom stereocenters. The number of phenolic OH excluding ortho intramolecular Hbond substituents is 5. The van der Waals surface area contributed by atoms with Crippen molar-refractivity contribution >= 4 is 47.1 Å². The van der Waals surface area contributed by atoms with Gasteiger partial charge in [0.25, 0.3) is 0 Å². The standard InChI is InChI=1S/C78H88O44/c79-23-45-54(90)60(96)66(102)74(116-45)112-41-21-34(83)20-40-35(41)22-44(71(110-40)32-7-9-33(82)10-8-32)115-78-72(122-77-70(106)64(100)58(94)49(120-77)27-108-53(89)16-6-31-2-12-37(85)43(19-31)114-76-68(104)62(98)56(92)47(25-81)118-76)65(101)59(95)50(121-78)28-109-51(87)14-4-29-3-13-39(38(86)17-29)111-73-69(105)63(99)57(93)48(119-73)26-107-52(88)15-5-30-1-11-36(84)42(18-30)113-75-67(103)61(97)55(91)46(24-80)117-75/h1-22,45-50,54-70,72-81,90-106H,23-28H2,(H4-,82,83,84,85,86,88,89)/p+1/b14-4+/t45?,46?,47?,48?,49?,50?,54-,55-,56-,57-,58-,59-,60+,61?,62+,63+,64?,65+,66?,67-,68?,69?,70-,72?,73-,74-,75-,76-,77+,78-/m1/s1. The minimum absolute atomic E-state index is 0.0595. The molecule has 12 rings (SSSR count). The molecule has 1 aromatic heterocycles. The van der Waals surface area contributed by atoms with E-state index in [0.717, 1.165) is 72.8 Å². The van der Waals surface area contributed by atoms with Gasteiger partial charge in [-0.3, -0.25) is 0 Å². The van der Waals surface area contributed by atoms with Crippen LogP contribution in [0, 0.1) is 0 Å². The van der Waals surface area contributed by atoms with E-state index in [0.29, 0.717) is 0 Å². The van der Waals surface area contributed by atoms with Crippen LogP contribution in [-0.4, -0.2) is 369 Å². The third kappa shape index (κ3) is 20.8. The fourth-order valence-corrected chi connectivity index (χ4v) is 13.4. The van der Waals surface area contributed by atoms with Gasteiger partial charge < -0.3 is 199 Å². The van der Waals surface area contributed by atoms with Gasteiger partial charge in [-0.1, -0.05) is 18.2 Å². The van der Waals surface area contributed by atoms with E-state index in [4.69, 9.17) is 75.5 Å². The Hall–Kier alpha value is -9.94. The number of hydrogen-bond acceptors (Lipinski definition) is 43. The van der Waals surface area contributed by atoms with Crippen LogP contribution in [0.25, 0.3) is 40.5 Å². The molecule has 0 saturated carbocycles. The van der Waals surface area contributed by atoms with Crippen LogP contribution in [0.4, 0.5) is 0 Å². The molecule has 122 heavy (non-hydrogen) atoms. The number of ether oxygens (including phenoxy) is 15. The van der Waals surface area contributed by atoms with Crippen molar-refractivity contribution in [2.24, 2.45) is 0 Å². The SMILES string of the molecule is O=C(/C=C/c1ccc(O)c(O[C@@H]2OC(CO)[C@@H](O)[C@H](O)C2O)c1)OCC1O[C@@H](OC2[C@H](Oc3cc4c(O[C@@H]5OC(CO)[C@@H](O)[C@H](O)C5O)cc(O)cc4[o+]c3-c3ccc(O)cc3)OC(COC(=O)/C=C/c3ccc(O[C@@H]4OC(COC(=O)/C=C/c5ccc(O)c(O[C@@H]6OC(CO)[C@@H](O)C(O)[C@H]6O)c5)[C@@H](O)[C@H](O)C4O)c(O)c3)[C@@H](O)[C@@H]2O)[C@H](O)C(O)[C@@H]1O. The zero-order chi connectivity index (χ0) is 88.0. The fraction of sp³-hybridized carbons (Fsp3) is 0.462. The van der Waals surface area contributed by atoms with Crippen molar-refractivity contribution in [3.8, 4) is 68.8 Å². The number of aliphatic hydroxyl groups is 20. The van der Waals surface area contributed by atoms with Crippen LogP contribution in [0.2, 0.25) is 0 Å². The van der Waals surface area contributed by atoms with Crippen molar-refractivity contribution in [2.45, 2.75) is 184 Å². The van der Waals surface area contributed by atoms with E-state index in [-0.39, 0.29) is 56.2 Å². The molecule has 12 unspecified atom stereocenters. The Bertz CT molecular complexity index is 4660. The maximum Gasteiger partial charge on any atom is 0.402 e. The molecule has 0 radical (unpaired) electrons. The molecule has 6 aromatic rings. The molecule has 5 aromatic carbocycles. The van der Waals surface area contributed by atoms with E-state index >= 15 is 0 Å². The highest BCUT2D eigenvalue weighted by molar-refractivity contribution is 5.90. The average Bonchev–Trinajstić information content (AvgIpc) is 0.762. The lowest BCUT2D eigenvalue weighted by Crippen LogP contribution is -2.65. The van der Waals surface area contributed by atoms with Crippen molar-refractivity contribution in [1.82, 2.24) is 0 Å². The van der Waals surface area contributed by atoms with Gasteiger partial charge in [-0.05, 0) is 95.6 Å². The molecule has 0 spiro atoms. The summed E-state index contributed by atoms with van der Waals surface area (Å²) in [6, 6.07) is 19.0. The summed E-state index contributed by atoms with van der Waals surface area (Å²) in [7, 11) is 0. The third-order valence-electron chi connectivity index (χ3n) is 20.3. The summed E-state index contributed by atoms with van der Waals surface area (Å²) in [5, 5.41) is 267. The molecule has 44 heteroatoms. The summed E-state index contributed by atoms with van der Waals surface area (Å²) in [4.78, 5) is 39.8. The average molecular weight is 1730 g/mol. The number of fused-ring (bicyclic) bond motifs is 1. The number of benzene rings is 5. The molecule has 25 N–H and O–H groups in total. The largest absolute Gasteiger partial charge is 0.508 e. The molecule has 6 aliphatic heterocycles. The van der Waals surface area contributed by atoms with Crippen molar-refractivity contribution in [2.75, 3.05) is 39.6 Å². The normalized spacial score (nSPS) is 34.4. The van der Waals surface area contributed by atoms with Gasteiger partial charge in [0, 0.05) is 30.4 Å². The molecular formula is C78H89O44+. The summed E-state index contributed by atoms with van der Waals surface area (Å²) in [5.41, 5.74) is 0.235. The van der Waals surface area contributed by atoms with E-state index in [1.54, 1.807) is 0 Å². The highest BCUT2D eigenvalue weighted by Gasteiger charge is 2.55. The number of carbonyl (C=O) groups excluding carboxylic acids is 3. The molecule has 44 nitrogen and oxygen atoms in total. The first-order valence-electron chi connectivity index (χ1n) is 37.4. The Kier molecular flexibility index (Phi) is 29.7. The molecule has 664 valence electrons. The van der Waals surface area contributed by atoms with Crippen molar-refractivity contribution in [3.63, 3.8) is 0 Å². The first kappa shape index (κ1) is 91.3. The van der Waals surface area contributed by atoms with Gasteiger partial charge in [0.1, 0.15) is 183 Å². The second-order valence-corrected chi connectivity index (χ2v) is 28.7. The lowest BCUT2D eigenvalue weighted by molar-refractivity contribution is -0.358. The predicted molar refractivity (Wildman–Crippen MR) is 397 cm³/mol. The molecule has 0 aliphatic carbocycles. The Balaban J connectivity index is 0.735. The van der Waals surface area contributed by atoms with Crippen LogP contribution < -0.4 is 23.7 Å². The molecule has 7 heterocycles. The Morgan fingerprint density at radius 2 is 0.672 bits per heavy atom. The summed E-state index contributed by atoms with van der Waals surface area (Å²) < 4.78 is 91.5. The maximum absolute atomic E-state index is 13.6. The smallest absolute Gasteiger partial charge is 0.402 e. The Labute approximate surface area is 687 Å². The van der Waals surface area contributed by atoms with Crippen LogP contribution in [-0.2, 0) is 61.8 Å². The van der Waals surface area contributed by atoms with E-state index in [2.05, 4.69) is 0 Å². The quantitative estimate of drug-likeness (QED) is 0.00940. The molecule has 6 fully saturated rings. The second-order valence-electron chi connectivity index (χ2n) is 28.7. The van der Waals surface area contributed by atoms with Gasteiger partial charge in [-0.2, -0.15) is 0 Å². The highest BCUT2D eigenvalue weighted by atomic mass is 16.8. The van der Waals surface area contributed by atoms with Crippen LogP contribution in [0.5, 0.6) is 57.5 Å². The van der Waals surface area contributed by atoms with E-state index < -0.39 is 282 Å². The highest BCUT2D eigenvalue weighted by Crippen LogP contribution is 2.44. The fourth-order valence-electron chi connectivity index (χ4n) is 13.4. The third-order valence-corrected chi connectivity index (χ3v) is 20.3. The Morgan fingerprint density at radius 1 is 0.320 bits per heavy atom. The number of phenols is 5. The lowest BCUT2D eigenvalue weighted by Gasteiger charge is -2.45. The monoisotopic (exact) mass is 1730 g/mol. The van der Waals surface area contributed by atoms with Gasteiger partial charge in [0.05, 0.1) is 31.5 Å². The van der Waals surface area contributed by atoms with Gasteiger partial charge in [0.2, 0.25) is 37.2 Å². The van der Waals surface area contributed by atoms with Gasteiger partial charge in [-0.15, -0.1) is 0 Å². The summed E-state index contributed by atoms with van der Waals surface area (Å²) in [5.74, 6) is -8.08. The number of aromatic hydroxyl groups is 5. The van der Waals surface area contributed by atoms with E-state index in [9.17, 15) is 142 Å². The molecule has 6 saturated heterocycles. The van der Waals surface area contributed by atoms with E-state index in [1.165, 1.54) is 60.7 Å². The number of esters is 3. The topological polar surface area (TPSA) is 707 Å². The predicted octanol–water partition coefficient (Wildman–Crippen LogP) is -6.58. The summed E-state index contributed by atoms with van der Waals surface area (Å²) in [6.45, 7) is -5.09. The van der Waals surface area contributed by atoms with Crippen molar-refractivity contribution in [3.05, 3.63) is 132 Å². The minimum atomic E-state index is -2.31. The molecule has 0 amide bonds. The zero-order valence-electron chi connectivity index (χ0n) is 63.2. The number of hydrogen-bond donors (Lipinski definition) is 25. The summed E-state index contributed by atoms with van der Waals surface area (Å²) >= 11 is 0. The maximum atomic E-state index is 13.6. The lowest BCUT2D eigenvalue weighted by atomic mass is 9.97. The number of rotatable bonds is 28. The van der Waals surface area contributed by atoms with E-state index in [1.807, 2.05) is 0 Å². The molecule has 6 aliphatic rings. The van der Waals surface area contributed by atoms with Gasteiger partial charge in [0.15, 0.2) is 46.9 Å².